The van der Waals surface area contributed by atoms with Gasteiger partial charge in [-0.3, -0.25) is 4.79 Å². The number of ether oxygens (including phenoxy) is 1. The van der Waals surface area contributed by atoms with Gasteiger partial charge >= 0.3 is 0 Å². The molecule has 0 saturated carbocycles. The maximum Gasteiger partial charge on any atom is 0.254 e. The van der Waals surface area contributed by atoms with Crippen molar-refractivity contribution in [3.05, 3.63) is 27.4 Å². The van der Waals surface area contributed by atoms with Crippen molar-refractivity contribution in [2.24, 2.45) is 0 Å². The summed E-state index contributed by atoms with van der Waals surface area (Å²) in [6, 6.07) is 0. The molecule has 0 amide bonds. The number of H-pyrrole nitrogens is 1. The summed E-state index contributed by atoms with van der Waals surface area (Å²) in [5.74, 6) is 0.744. The first-order chi connectivity index (χ1) is 8.34. The Hall–Kier alpha value is -1.16. The molecule has 1 fully saturated rings. The van der Waals surface area contributed by atoms with Crippen molar-refractivity contribution in [3.8, 4) is 0 Å². The molecular formula is C13H18N2O2. The molecule has 1 aliphatic carbocycles. The molecular weight excluding hydrogens is 216 g/mol. The van der Waals surface area contributed by atoms with Crippen LogP contribution in [0.2, 0.25) is 0 Å². The summed E-state index contributed by atoms with van der Waals surface area (Å²) in [7, 11) is 0. The number of rotatable bonds is 1. The van der Waals surface area contributed by atoms with Gasteiger partial charge in [-0.2, -0.15) is 0 Å². The molecule has 1 aromatic rings. The number of hydrogen-bond donors (Lipinski definition) is 1. The number of nitrogens with zero attached hydrogens (tertiary/aromatic N) is 1. The van der Waals surface area contributed by atoms with Gasteiger partial charge in [0.2, 0.25) is 0 Å². The smallest absolute Gasteiger partial charge is 0.254 e. The predicted molar refractivity (Wildman–Crippen MR) is 64.0 cm³/mol. The minimum absolute atomic E-state index is 0.0104. The van der Waals surface area contributed by atoms with Crippen LogP contribution in [0.15, 0.2) is 4.79 Å². The van der Waals surface area contributed by atoms with Crippen LogP contribution < -0.4 is 5.56 Å². The molecule has 4 nitrogen and oxygen atoms in total. The molecule has 92 valence electrons. The lowest BCUT2D eigenvalue weighted by Gasteiger charge is -2.11. The Balaban J connectivity index is 1.99. The largest absolute Gasteiger partial charge is 0.370 e. The van der Waals surface area contributed by atoms with Crippen molar-refractivity contribution in [3.63, 3.8) is 0 Å². The summed E-state index contributed by atoms with van der Waals surface area (Å²) < 4.78 is 5.58. The van der Waals surface area contributed by atoms with Gasteiger partial charge in [0.1, 0.15) is 11.9 Å². The Morgan fingerprint density at radius 2 is 2.06 bits per heavy atom. The van der Waals surface area contributed by atoms with Crippen LogP contribution in [-0.2, 0) is 17.6 Å². The quantitative estimate of drug-likeness (QED) is 0.755. The standard InChI is InChI=1S/C13H18N2O2/c16-13-9-5-2-1-3-6-10(9)14-12(15-13)11-7-4-8-17-11/h11H,1-8H2,(H,14,15,16). The normalized spacial score (nSPS) is 24.4. The SMILES string of the molecule is O=c1[nH]c(C2CCCO2)nc2c1CCCCC2. The second-order valence-corrected chi connectivity index (χ2v) is 4.94. The van der Waals surface area contributed by atoms with Crippen molar-refractivity contribution < 1.29 is 4.74 Å². The summed E-state index contributed by atoms with van der Waals surface area (Å²) in [6.45, 7) is 0.783. The number of hydrogen-bond acceptors (Lipinski definition) is 3. The number of aryl methyl sites for hydroxylation is 1. The molecule has 1 atom stereocenters. The van der Waals surface area contributed by atoms with Crippen LogP contribution in [0.3, 0.4) is 0 Å². The summed E-state index contributed by atoms with van der Waals surface area (Å²) >= 11 is 0. The average molecular weight is 234 g/mol. The van der Waals surface area contributed by atoms with Crippen LogP contribution in [0, 0.1) is 0 Å². The van der Waals surface area contributed by atoms with Crippen molar-refractivity contribution in [1.82, 2.24) is 9.97 Å². The molecule has 3 rings (SSSR count). The molecule has 0 aromatic carbocycles. The fourth-order valence-electron chi connectivity index (χ4n) is 2.75. The van der Waals surface area contributed by atoms with Crippen molar-refractivity contribution in [2.75, 3.05) is 6.61 Å². The average Bonchev–Trinajstić information content (AvgIpc) is 2.75. The zero-order chi connectivity index (χ0) is 11.7. The van der Waals surface area contributed by atoms with E-state index in [-0.39, 0.29) is 11.7 Å². The van der Waals surface area contributed by atoms with Crippen molar-refractivity contribution in [1.29, 1.82) is 0 Å². The molecule has 1 unspecified atom stereocenters. The fourth-order valence-corrected chi connectivity index (χ4v) is 2.75. The van der Waals surface area contributed by atoms with E-state index in [0.717, 1.165) is 62.2 Å². The zero-order valence-electron chi connectivity index (χ0n) is 10.00. The Labute approximate surface area is 100 Å². The van der Waals surface area contributed by atoms with Crippen LogP contribution in [0.1, 0.15) is 55.3 Å². The van der Waals surface area contributed by atoms with Gasteiger partial charge in [0.25, 0.3) is 5.56 Å². The van der Waals surface area contributed by atoms with E-state index in [2.05, 4.69) is 9.97 Å². The van der Waals surface area contributed by atoms with Gasteiger partial charge in [-0.1, -0.05) is 6.42 Å². The van der Waals surface area contributed by atoms with E-state index in [1.807, 2.05) is 0 Å². The van der Waals surface area contributed by atoms with Gasteiger partial charge in [-0.25, -0.2) is 4.98 Å². The first kappa shape index (κ1) is 11.0. The molecule has 1 saturated heterocycles. The fraction of sp³-hybridized carbons (Fsp3) is 0.692. The molecule has 17 heavy (non-hydrogen) atoms. The van der Waals surface area contributed by atoms with Gasteiger partial charge in [0, 0.05) is 12.2 Å². The Morgan fingerprint density at radius 3 is 2.88 bits per heavy atom. The maximum absolute atomic E-state index is 12.0. The third-order valence-corrected chi connectivity index (χ3v) is 3.69. The molecule has 2 heterocycles. The van der Waals surface area contributed by atoms with Crippen LogP contribution in [0.25, 0.3) is 0 Å². The van der Waals surface area contributed by atoms with E-state index < -0.39 is 0 Å². The van der Waals surface area contributed by atoms with E-state index in [9.17, 15) is 4.79 Å². The highest BCUT2D eigenvalue weighted by molar-refractivity contribution is 5.20. The number of aromatic nitrogens is 2. The lowest BCUT2D eigenvalue weighted by molar-refractivity contribution is 0.104. The lowest BCUT2D eigenvalue weighted by atomic mass is 10.1. The summed E-state index contributed by atoms with van der Waals surface area (Å²) in [4.78, 5) is 19.6. The van der Waals surface area contributed by atoms with Crippen LogP contribution in [0.5, 0.6) is 0 Å². The Kier molecular flexibility index (Phi) is 2.97. The van der Waals surface area contributed by atoms with Crippen molar-refractivity contribution in [2.45, 2.75) is 51.0 Å². The minimum atomic E-state index is 0.0104. The van der Waals surface area contributed by atoms with E-state index >= 15 is 0 Å². The summed E-state index contributed by atoms with van der Waals surface area (Å²) in [5.41, 5.74) is 1.98. The molecule has 1 aliphatic heterocycles. The molecule has 1 aromatic heterocycles. The molecule has 0 bridgehead atoms. The highest BCUT2D eigenvalue weighted by Crippen LogP contribution is 2.26. The Bertz CT molecular complexity index is 461. The van der Waals surface area contributed by atoms with Crippen LogP contribution in [-0.4, -0.2) is 16.6 Å². The van der Waals surface area contributed by atoms with E-state index in [4.69, 9.17) is 4.74 Å². The third kappa shape index (κ3) is 2.14. The van der Waals surface area contributed by atoms with Crippen LogP contribution >= 0.6 is 0 Å². The number of fused-ring (bicyclic) bond motifs is 1. The molecule has 1 N–H and O–H groups in total. The van der Waals surface area contributed by atoms with Gasteiger partial charge in [0.15, 0.2) is 0 Å². The predicted octanol–water partition coefficient (Wildman–Crippen LogP) is 1.89. The zero-order valence-corrected chi connectivity index (χ0v) is 10.00. The molecule has 0 spiro atoms. The third-order valence-electron chi connectivity index (χ3n) is 3.69. The van der Waals surface area contributed by atoms with Gasteiger partial charge in [-0.15, -0.1) is 0 Å². The highest BCUT2D eigenvalue weighted by Gasteiger charge is 2.22. The van der Waals surface area contributed by atoms with Crippen LogP contribution in [0.4, 0.5) is 0 Å². The first-order valence-corrected chi connectivity index (χ1v) is 6.58. The van der Waals surface area contributed by atoms with E-state index in [1.165, 1.54) is 6.42 Å². The minimum Gasteiger partial charge on any atom is -0.370 e. The van der Waals surface area contributed by atoms with Gasteiger partial charge in [0.05, 0.1) is 5.69 Å². The van der Waals surface area contributed by atoms with Crippen molar-refractivity contribution >= 4 is 0 Å². The van der Waals surface area contributed by atoms with E-state index in [0.29, 0.717) is 0 Å². The highest BCUT2D eigenvalue weighted by atomic mass is 16.5. The lowest BCUT2D eigenvalue weighted by Crippen LogP contribution is -2.21. The number of aromatic amines is 1. The van der Waals surface area contributed by atoms with Gasteiger partial charge in [-0.05, 0) is 38.5 Å². The second-order valence-electron chi connectivity index (χ2n) is 4.94. The maximum atomic E-state index is 12.0. The first-order valence-electron chi connectivity index (χ1n) is 6.58. The summed E-state index contributed by atoms with van der Waals surface area (Å²) in [5, 5.41) is 0. The molecule has 2 aliphatic rings. The number of nitrogens with one attached hydrogen (secondary N) is 1. The second kappa shape index (κ2) is 4.61. The van der Waals surface area contributed by atoms with E-state index in [1.54, 1.807) is 0 Å². The topological polar surface area (TPSA) is 55.0 Å². The monoisotopic (exact) mass is 234 g/mol. The Morgan fingerprint density at radius 1 is 1.18 bits per heavy atom. The summed E-state index contributed by atoms with van der Waals surface area (Å²) in [6.07, 6.45) is 7.32. The molecule has 0 radical (unpaired) electrons. The molecule has 4 heteroatoms. The van der Waals surface area contributed by atoms with Gasteiger partial charge < -0.3 is 9.72 Å².